The molecule has 23 heavy (non-hydrogen) atoms. The predicted molar refractivity (Wildman–Crippen MR) is 90.8 cm³/mol. The molecule has 0 saturated heterocycles. The van der Waals surface area contributed by atoms with Gasteiger partial charge in [0.15, 0.2) is 0 Å². The molecule has 0 radical (unpaired) electrons. The molecule has 0 spiro atoms. The lowest BCUT2D eigenvalue weighted by Crippen LogP contribution is -2.60. The van der Waals surface area contributed by atoms with Crippen molar-refractivity contribution in [3.63, 3.8) is 0 Å². The molecule has 2 rings (SSSR count). The Labute approximate surface area is 139 Å². The lowest BCUT2D eigenvalue weighted by molar-refractivity contribution is -0.136. The van der Waals surface area contributed by atoms with Crippen LogP contribution in [0.2, 0.25) is 0 Å². The van der Waals surface area contributed by atoms with Gasteiger partial charge in [0, 0.05) is 0 Å². The fraction of sp³-hybridized carbons (Fsp3) is 0.438. The number of nitrogens with zero attached hydrogens (tertiary/aromatic N) is 1. The molecular formula is C16H20N2O4S. The monoisotopic (exact) mass is 336 g/mol. The van der Waals surface area contributed by atoms with Crippen molar-refractivity contribution >= 4 is 40.9 Å². The first-order valence-electron chi connectivity index (χ1n) is 7.29. The molecule has 1 heterocycles. The van der Waals surface area contributed by atoms with Crippen LogP contribution in [0.3, 0.4) is 0 Å². The van der Waals surface area contributed by atoms with Crippen molar-refractivity contribution in [2.24, 2.45) is 0 Å². The summed E-state index contributed by atoms with van der Waals surface area (Å²) in [7, 11) is 0. The van der Waals surface area contributed by atoms with Crippen LogP contribution in [0, 0.1) is 0 Å². The Morgan fingerprint density at radius 1 is 1.22 bits per heavy atom. The van der Waals surface area contributed by atoms with Gasteiger partial charge in [-0.1, -0.05) is 12.1 Å². The van der Waals surface area contributed by atoms with E-state index in [0.29, 0.717) is 11.4 Å². The number of carboxylic acids is 1. The number of carboxylic acid groups (broad SMARTS) is 1. The highest BCUT2D eigenvalue weighted by atomic mass is 32.2. The molecule has 0 aliphatic carbocycles. The van der Waals surface area contributed by atoms with Gasteiger partial charge in [0.2, 0.25) is 11.8 Å². The standard InChI is InChI=1S/C16H20N2O4S/c1-9(23-10(2)14(20)21)13(19)18-12-8-6-5-7-11(12)17-15(22)16(18,3)4/h5-10H,1-4H3,(H,17,22)(H,20,21)/t9-,10-/m1/s1. The average Bonchev–Trinajstić information content (AvgIpc) is 2.47. The molecule has 6 nitrogen and oxygen atoms in total. The highest BCUT2D eigenvalue weighted by Gasteiger charge is 2.45. The highest BCUT2D eigenvalue weighted by Crippen LogP contribution is 2.38. The molecular weight excluding hydrogens is 316 g/mol. The summed E-state index contributed by atoms with van der Waals surface area (Å²) < 4.78 is 0. The minimum atomic E-state index is -1.05. The Morgan fingerprint density at radius 2 is 1.83 bits per heavy atom. The third-order valence-electron chi connectivity index (χ3n) is 3.83. The average molecular weight is 336 g/mol. The number of hydrogen-bond donors (Lipinski definition) is 2. The van der Waals surface area contributed by atoms with E-state index >= 15 is 0 Å². The van der Waals surface area contributed by atoms with Crippen molar-refractivity contribution in [2.75, 3.05) is 10.2 Å². The van der Waals surface area contributed by atoms with Crippen LogP contribution in [-0.4, -0.2) is 38.9 Å². The summed E-state index contributed by atoms with van der Waals surface area (Å²) in [5.41, 5.74) is 0.151. The molecule has 7 heteroatoms. The molecule has 2 amide bonds. The maximum Gasteiger partial charge on any atom is 0.316 e. The summed E-state index contributed by atoms with van der Waals surface area (Å²) in [4.78, 5) is 37.7. The van der Waals surface area contributed by atoms with Crippen LogP contribution in [0.1, 0.15) is 27.7 Å². The van der Waals surface area contributed by atoms with Gasteiger partial charge in [-0.3, -0.25) is 19.3 Å². The summed E-state index contributed by atoms with van der Waals surface area (Å²) in [6.07, 6.45) is 0. The van der Waals surface area contributed by atoms with Crippen LogP contribution in [0.5, 0.6) is 0 Å². The second-order valence-corrected chi connectivity index (χ2v) is 7.65. The number of amides is 2. The molecule has 1 aliphatic rings. The van der Waals surface area contributed by atoms with E-state index < -0.39 is 22.0 Å². The van der Waals surface area contributed by atoms with E-state index in [1.165, 1.54) is 4.90 Å². The number of para-hydroxylation sites is 2. The molecule has 0 saturated carbocycles. The van der Waals surface area contributed by atoms with E-state index in [9.17, 15) is 14.4 Å². The normalized spacial score (nSPS) is 18.6. The van der Waals surface area contributed by atoms with Crippen molar-refractivity contribution < 1.29 is 19.5 Å². The highest BCUT2D eigenvalue weighted by molar-refractivity contribution is 8.01. The second-order valence-electron chi connectivity index (χ2n) is 5.96. The smallest absolute Gasteiger partial charge is 0.316 e. The first kappa shape index (κ1) is 17.3. The fourth-order valence-electron chi connectivity index (χ4n) is 2.45. The number of benzene rings is 1. The van der Waals surface area contributed by atoms with Gasteiger partial charge in [0.25, 0.3) is 0 Å². The first-order valence-corrected chi connectivity index (χ1v) is 8.23. The minimum absolute atomic E-state index is 0.270. The number of fused-ring (bicyclic) bond motifs is 1. The molecule has 1 aliphatic heterocycles. The maximum atomic E-state index is 12.9. The molecule has 124 valence electrons. The summed E-state index contributed by atoms with van der Waals surface area (Å²) in [6.45, 7) is 6.55. The Kier molecular flexibility index (Phi) is 4.70. The van der Waals surface area contributed by atoms with Gasteiger partial charge in [-0.05, 0) is 39.8 Å². The van der Waals surface area contributed by atoms with Gasteiger partial charge in [0.05, 0.1) is 16.6 Å². The summed E-state index contributed by atoms with van der Waals surface area (Å²) in [5, 5.41) is 10.5. The third kappa shape index (κ3) is 3.19. The Bertz CT molecular complexity index is 659. The summed E-state index contributed by atoms with van der Waals surface area (Å²) in [6, 6.07) is 7.09. The van der Waals surface area contributed by atoms with Gasteiger partial charge in [0.1, 0.15) is 10.8 Å². The zero-order valence-electron chi connectivity index (χ0n) is 13.5. The van der Waals surface area contributed by atoms with Gasteiger partial charge in [-0.2, -0.15) is 0 Å². The fourth-order valence-corrected chi connectivity index (χ4v) is 3.40. The number of hydrogen-bond acceptors (Lipinski definition) is 4. The summed E-state index contributed by atoms with van der Waals surface area (Å²) in [5.74, 6) is -1.52. The molecule has 2 atom stereocenters. The molecule has 0 unspecified atom stereocenters. The van der Waals surface area contributed by atoms with E-state index in [-0.39, 0.29) is 11.8 Å². The van der Waals surface area contributed by atoms with Gasteiger partial charge in [-0.25, -0.2) is 0 Å². The van der Waals surface area contributed by atoms with Crippen LogP contribution in [0.15, 0.2) is 24.3 Å². The Balaban J connectivity index is 2.37. The van der Waals surface area contributed by atoms with Crippen molar-refractivity contribution in [2.45, 2.75) is 43.7 Å². The van der Waals surface area contributed by atoms with Crippen molar-refractivity contribution in [3.05, 3.63) is 24.3 Å². The number of thioether (sulfide) groups is 1. The maximum absolute atomic E-state index is 12.9. The lowest BCUT2D eigenvalue weighted by atomic mass is 9.96. The van der Waals surface area contributed by atoms with Crippen LogP contribution < -0.4 is 10.2 Å². The molecule has 0 fully saturated rings. The van der Waals surface area contributed by atoms with Gasteiger partial charge in [-0.15, -0.1) is 11.8 Å². The number of carbonyl (C=O) groups excluding carboxylic acids is 2. The second kappa shape index (κ2) is 6.23. The van der Waals surface area contributed by atoms with E-state index in [1.54, 1.807) is 52.0 Å². The van der Waals surface area contributed by atoms with Gasteiger partial charge >= 0.3 is 5.97 Å². The number of aliphatic carboxylic acids is 1. The molecule has 2 N–H and O–H groups in total. The SMILES string of the molecule is C[C@@H](S[C@H](C)C(=O)N1c2ccccc2NC(=O)C1(C)C)C(=O)O. The lowest BCUT2D eigenvalue weighted by Gasteiger charge is -2.43. The Morgan fingerprint density at radius 3 is 2.43 bits per heavy atom. The van der Waals surface area contributed by atoms with Crippen LogP contribution in [0.25, 0.3) is 0 Å². The van der Waals surface area contributed by atoms with Crippen LogP contribution in [-0.2, 0) is 14.4 Å². The van der Waals surface area contributed by atoms with E-state index in [1.807, 2.05) is 0 Å². The van der Waals surface area contributed by atoms with Crippen LogP contribution in [0.4, 0.5) is 11.4 Å². The topological polar surface area (TPSA) is 86.7 Å². The van der Waals surface area contributed by atoms with E-state index in [0.717, 1.165) is 11.8 Å². The zero-order chi connectivity index (χ0) is 17.4. The molecule has 1 aromatic rings. The van der Waals surface area contributed by atoms with Gasteiger partial charge < -0.3 is 10.4 Å². The number of rotatable bonds is 4. The predicted octanol–water partition coefficient (Wildman–Crippen LogP) is 2.35. The summed E-state index contributed by atoms with van der Waals surface area (Å²) >= 11 is 1.06. The largest absolute Gasteiger partial charge is 0.480 e. The first-order chi connectivity index (χ1) is 10.7. The van der Waals surface area contributed by atoms with E-state index in [4.69, 9.17) is 5.11 Å². The Hall–Kier alpha value is -2.02. The van der Waals surface area contributed by atoms with Crippen molar-refractivity contribution in [1.82, 2.24) is 0 Å². The quantitative estimate of drug-likeness (QED) is 0.881. The third-order valence-corrected chi connectivity index (χ3v) is 5.05. The van der Waals surface area contributed by atoms with E-state index in [2.05, 4.69) is 5.32 Å². The molecule has 1 aromatic carbocycles. The number of carbonyl (C=O) groups is 3. The minimum Gasteiger partial charge on any atom is -0.480 e. The molecule has 0 aromatic heterocycles. The van der Waals surface area contributed by atoms with Crippen LogP contribution >= 0.6 is 11.8 Å². The van der Waals surface area contributed by atoms with Crippen molar-refractivity contribution in [3.8, 4) is 0 Å². The zero-order valence-corrected chi connectivity index (χ0v) is 14.3. The van der Waals surface area contributed by atoms with Crippen molar-refractivity contribution in [1.29, 1.82) is 0 Å². The number of anilines is 2. The molecule has 0 bridgehead atoms. The number of nitrogens with one attached hydrogen (secondary N) is 1.